The third kappa shape index (κ3) is 2.04. The number of nitrogens with zero attached hydrogens (tertiary/aromatic N) is 2. The molecule has 2 rings (SSSR count). The Morgan fingerprint density at radius 2 is 2.12 bits per heavy atom. The van der Waals surface area contributed by atoms with Crippen LogP contribution in [0, 0.1) is 18.3 Å². The third-order valence-electron chi connectivity index (χ3n) is 3.49. The van der Waals surface area contributed by atoms with E-state index in [1.807, 2.05) is 4.90 Å². The second-order valence-corrected chi connectivity index (χ2v) is 4.45. The minimum Gasteiger partial charge on any atom is -0.480 e. The van der Waals surface area contributed by atoms with Crippen molar-refractivity contribution in [3.05, 3.63) is 0 Å². The van der Waals surface area contributed by atoms with Gasteiger partial charge in [-0.15, -0.1) is 12.3 Å². The number of carboxylic acids is 1. The second kappa shape index (κ2) is 4.56. The van der Waals surface area contributed by atoms with Crippen LogP contribution in [0.5, 0.6) is 0 Å². The van der Waals surface area contributed by atoms with E-state index in [9.17, 15) is 4.79 Å². The average Bonchev–Trinajstić information content (AvgIpc) is 2.78. The van der Waals surface area contributed by atoms with Gasteiger partial charge in [0.15, 0.2) is 0 Å². The Labute approximate surface area is 95.4 Å². The smallest absolute Gasteiger partial charge is 0.328 e. The van der Waals surface area contributed by atoms with E-state index in [1.165, 1.54) is 0 Å². The number of aliphatic carboxylic acids is 1. The van der Waals surface area contributed by atoms with Gasteiger partial charge in [0.25, 0.3) is 0 Å². The molecule has 0 amide bonds. The molecule has 1 N–H and O–H groups in total. The van der Waals surface area contributed by atoms with Gasteiger partial charge in [-0.25, -0.2) is 4.79 Å². The predicted molar refractivity (Wildman–Crippen MR) is 61.2 cm³/mol. The van der Waals surface area contributed by atoms with Gasteiger partial charge in [-0.05, 0) is 25.7 Å². The lowest BCUT2D eigenvalue weighted by Crippen LogP contribution is -2.46. The van der Waals surface area contributed by atoms with Crippen molar-refractivity contribution >= 4 is 12.3 Å². The molecule has 1 aliphatic heterocycles. The van der Waals surface area contributed by atoms with Crippen molar-refractivity contribution in [3.8, 4) is 12.3 Å². The van der Waals surface area contributed by atoms with Gasteiger partial charge < -0.3 is 10.0 Å². The normalized spacial score (nSPS) is 33.7. The Morgan fingerprint density at radius 1 is 1.44 bits per heavy atom. The van der Waals surface area contributed by atoms with Crippen LogP contribution in [-0.2, 0) is 4.79 Å². The summed E-state index contributed by atoms with van der Waals surface area (Å²) in [5.41, 5.74) is 0. The zero-order valence-electron chi connectivity index (χ0n) is 9.17. The molecule has 1 fully saturated rings. The highest BCUT2D eigenvalue weighted by molar-refractivity contribution is 5.79. The summed E-state index contributed by atoms with van der Waals surface area (Å²) in [5, 5.41) is 9.06. The van der Waals surface area contributed by atoms with Crippen LogP contribution >= 0.6 is 0 Å². The van der Waals surface area contributed by atoms with Crippen LogP contribution in [0.1, 0.15) is 25.7 Å². The van der Waals surface area contributed by atoms with Crippen molar-refractivity contribution in [1.29, 1.82) is 0 Å². The van der Waals surface area contributed by atoms with Crippen LogP contribution in [0.15, 0.2) is 4.99 Å². The molecule has 0 radical (unpaired) electrons. The van der Waals surface area contributed by atoms with E-state index in [4.69, 9.17) is 11.5 Å². The number of hydrogen-bond acceptors (Lipinski definition) is 3. The van der Waals surface area contributed by atoms with Crippen LogP contribution in [0.2, 0.25) is 0 Å². The van der Waals surface area contributed by atoms with E-state index in [0.29, 0.717) is 18.5 Å². The molecule has 4 nitrogen and oxygen atoms in total. The Balaban J connectivity index is 1.96. The number of terminal acetylenes is 1. The molecule has 86 valence electrons. The largest absolute Gasteiger partial charge is 0.480 e. The molecule has 0 aromatic rings. The summed E-state index contributed by atoms with van der Waals surface area (Å²) >= 11 is 0. The van der Waals surface area contributed by atoms with Crippen LogP contribution in [0.3, 0.4) is 0 Å². The van der Waals surface area contributed by atoms with Crippen molar-refractivity contribution in [2.45, 2.75) is 37.8 Å². The highest BCUT2D eigenvalue weighted by Gasteiger charge is 2.34. The van der Waals surface area contributed by atoms with E-state index >= 15 is 0 Å². The van der Waals surface area contributed by atoms with Crippen LogP contribution in [-0.4, -0.2) is 40.9 Å². The van der Waals surface area contributed by atoms with Crippen molar-refractivity contribution in [2.75, 3.05) is 6.54 Å². The molecule has 0 bridgehead atoms. The number of rotatable bonds is 2. The number of aliphatic imine (C=N–C) groups is 1. The van der Waals surface area contributed by atoms with Gasteiger partial charge in [-0.2, -0.15) is 0 Å². The summed E-state index contributed by atoms with van der Waals surface area (Å²) in [4.78, 5) is 17.0. The fourth-order valence-electron chi connectivity index (χ4n) is 2.51. The molecular formula is C12H16N2O2. The molecule has 1 saturated carbocycles. The van der Waals surface area contributed by atoms with Gasteiger partial charge in [-0.3, -0.25) is 4.99 Å². The Kier molecular flexibility index (Phi) is 3.14. The summed E-state index contributed by atoms with van der Waals surface area (Å²) < 4.78 is 0. The minimum atomic E-state index is -0.781. The molecule has 1 atom stereocenters. The maximum Gasteiger partial charge on any atom is 0.328 e. The van der Waals surface area contributed by atoms with Gasteiger partial charge in [0.1, 0.15) is 6.04 Å². The SMILES string of the molecule is C#C[C@H]1CC[C@H](N2C=NCC2C(=O)O)CC1. The van der Waals surface area contributed by atoms with Crippen molar-refractivity contribution in [3.63, 3.8) is 0 Å². The summed E-state index contributed by atoms with van der Waals surface area (Å²) in [7, 11) is 0. The maximum atomic E-state index is 11.0. The lowest BCUT2D eigenvalue weighted by Gasteiger charge is -2.34. The average molecular weight is 220 g/mol. The number of hydrogen-bond donors (Lipinski definition) is 1. The molecule has 0 aromatic carbocycles. The van der Waals surface area contributed by atoms with Crippen LogP contribution in [0.25, 0.3) is 0 Å². The van der Waals surface area contributed by atoms with Gasteiger partial charge >= 0.3 is 5.97 Å². The van der Waals surface area contributed by atoms with Crippen molar-refractivity contribution < 1.29 is 9.90 Å². The quantitative estimate of drug-likeness (QED) is 0.706. The van der Waals surface area contributed by atoms with Crippen molar-refractivity contribution in [1.82, 2.24) is 4.90 Å². The van der Waals surface area contributed by atoms with Gasteiger partial charge in [0.05, 0.1) is 12.9 Å². The summed E-state index contributed by atoms with van der Waals surface area (Å²) in [6.07, 6.45) is 11.0. The van der Waals surface area contributed by atoms with E-state index in [0.717, 1.165) is 25.7 Å². The lowest BCUT2D eigenvalue weighted by molar-refractivity contribution is -0.141. The minimum absolute atomic E-state index is 0.303. The second-order valence-electron chi connectivity index (χ2n) is 4.45. The highest BCUT2D eigenvalue weighted by Crippen LogP contribution is 2.28. The maximum absolute atomic E-state index is 11.0. The molecule has 0 aromatic heterocycles. The number of carbonyl (C=O) groups is 1. The summed E-state index contributed by atoms with van der Waals surface area (Å²) in [6, 6.07) is -0.163. The van der Waals surface area contributed by atoms with Gasteiger partial charge in [0, 0.05) is 12.0 Å². The highest BCUT2D eigenvalue weighted by atomic mass is 16.4. The molecule has 1 aliphatic carbocycles. The van der Waals surface area contributed by atoms with E-state index in [-0.39, 0.29) is 0 Å². The van der Waals surface area contributed by atoms with E-state index in [1.54, 1.807) is 6.34 Å². The first-order chi connectivity index (χ1) is 7.72. The fraction of sp³-hybridized carbons (Fsp3) is 0.667. The Hall–Kier alpha value is -1.50. The Bertz CT molecular complexity index is 337. The first-order valence-electron chi connectivity index (χ1n) is 5.68. The molecule has 1 heterocycles. The van der Waals surface area contributed by atoms with E-state index in [2.05, 4.69) is 10.9 Å². The summed E-state index contributed by atoms with van der Waals surface area (Å²) in [6.45, 7) is 0.379. The first kappa shape index (κ1) is 11.0. The topological polar surface area (TPSA) is 52.9 Å². The molecule has 1 unspecified atom stereocenters. The molecule has 4 heteroatoms. The summed E-state index contributed by atoms with van der Waals surface area (Å²) in [5.74, 6) is 2.37. The zero-order valence-corrected chi connectivity index (χ0v) is 9.17. The fourth-order valence-corrected chi connectivity index (χ4v) is 2.51. The molecule has 0 spiro atoms. The third-order valence-corrected chi connectivity index (χ3v) is 3.49. The van der Waals surface area contributed by atoms with E-state index < -0.39 is 12.0 Å². The molecular weight excluding hydrogens is 204 g/mol. The van der Waals surface area contributed by atoms with Gasteiger partial charge in [-0.1, -0.05) is 0 Å². The predicted octanol–water partition coefficient (Wildman–Crippen LogP) is 0.975. The molecule has 2 aliphatic rings. The first-order valence-corrected chi connectivity index (χ1v) is 5.68. The monoisotopic (exact) mass is 220 g/mol. The lowest BCUT2D eigenvalue weighted by atomic mass is 9.85. The van der Waals surface area contributed by atoms with Crippen molar-refractivity contribution in [2.24, 2.45) is 10.9 Å². The molecule has 16 heavy (non-hydrogen) atoms. The zero-order chi connectivity index (χ0) is 11.5. The number of carboxylic acid groups (broad SMARTS) is 1. The van der Waals surface area contributed by atoms with Crippen LogP contribution in [0.4, 0.5) is 0 Å². The van der Waals surface area contributed by atoms with Gasteiger partial charge in [0.2, 0.25) is 0 Å². The van der Waals surface area contributed by atoms with Crippen LogP contribution < -0.4 is 0 Å². The standard InChI is InChI=1S/C12H16N2O2/c1-2-9-3-5-10(6-4-9)14-8-13-7-11(14)12(15)16/h1,8-11H,3-7H2,(H,15,16)/t9-,10-,11?. The molecule has 0 saturated heterocycles. The Morgan fingerprint density at radius 3 is 2.69 bits per heavy atom.